The van der Waals surface area contributed by atoms with Gasteiger partial charge in [-0.25, -0.2) is 4.39 Å². The summed E-state index contributed by atoms with van der Waals surface area (Å²) in [6.07, 6.45) is 0. The first kappa shape index (κ1) is 15.4. The number of benzene rings is 2. The second-order valence-corrected chi connectivity index (χ2v) is 3.78. The van der Waals surface area contributed by atoms with Crippen LogP contribution in [0.25, 0.3) is 0 Å². The van der Waals surface area contributed by atoms with Crippen LogP contribution in [0.4, 0.5) is 4.39 Å². The molecular formula is C12H11BrFMgO+2. The van der Waals surface area contributed by atoms with E-state index in [0.717, 1.165) is 0 Å². The average Bonchev–Trinajstić information content (AvgIpc) is 2.25. The molecule has 4 heteroatoms. The van der Waals surface area contributed by atoms with Crippen molar-refractivity contribution in [1.29, 1.82) is 0 Å². The van der Waals surface area contributed by atoms with Crippen molar-refractivity contribution in [2.75, 3.05) is 0 Å². The van der Waals surface area contributed by atoms with Crippen LogP contribution >= 0.6 is 17.0 Å². The fourth-order valence-electron chi connectivity index (χ4n) is 0.919. The minimum Gasteiger partial charge on any atom is -0.508 e. The monoisotopic (exact) mass is 293 g/mol. The van der Waals surface area contributed by atoms with E-state index in [-0.39, 0.29) is 28.5 Å². The van der Waals surface area contributed by atoms with E-state index in [1.54, 1.807) is 0 Å². The molecule has 0 aromatic heterocycles. The molecule has 0 unspecified atom stereocenters. The van der Waals surface area contributed by atoms with Gasteiger partial charge in [0.2, 0.25) is 0 Å². The molecule has 1 N–H and O–H groups in total. The van der Waals surface area contributed by atoms with Gasteiger partial charge in [-0.3, -0.25) is 0 Å². The highest BCUT2D eigenvalue weighted by molar-refractivity contribution is 8.93. The number of hydrogen-bond donors (Lipinski definition) is 1. The third kappa shape index (κ3) is 6.82. The van der Waals surface area contributed by atoms with Gasteiger partial charge in [-0.15, -0.1) is 17.0 Å². The minimum absolute atomic E-state index is 0. The van der Waals surface area contributed by atoms with Crippen molar-refractivity contribution in [3.63, 3.8) is 0 Å². The molecule has 0 heterocycles. The van der Waals surface area contributed by atoms with Crippen LogP contribution < -0.4 is 3.69 Å². The standard InChI is InChI=1S/C6H5FO.C6H5.BrH.Mg/c7-5-1-3-6(8)4-2-5;1-2-4-6-5-3-1;;/h1-4,8H;1-5H;1H;/q;;;+2. The van der Waals surface area contributed by atoms with E-state index in [1.807, 2.05) is 39.9 Å². The normalized spacial score (nSPS) is 8.38. The van der Waals surface area contributed by atoms with Crippen LogP contribution in [0.5, 0.6) is 5.75 Å². The molecule has 0 saturated carbocycles. The Kier molecular flexibility index (Phi) is 8.24. The van der Waals surface area contributed by atoms with Crippen LogP contribution in [0.1, 0.15) is 0 Å². The molecule has 1 nitrogen and oxygen atoms in total. The van der Waals surface area contributed by atoms with Crippen molar-refractivity contribution < 1.29 is 9.50 Å². The van der Waals surface area contributed by atoms with Gasteiger partial charge in [-0.05, 0) is 24.3 Å². The summed E-state index contributed by atoms with van der Waals surface area (Å²) in [5, 5.41) is 8.59. The van der Waals surface area contributed by atoms with Crippen LogP contribution in [0.3, 0.4) is 0 Å². The fraction of sp³-hybridized carbons (Fsp3) is 0. The first-order chi connectivity index (χ1) is 7.18. The predicted molar refractivity (Wildman–Crippen MR) is 70.2 cm³/mol. The summed E-state index contributed by atoms with van der Waals surface area (Å²) in [5.74, 6) is -0.241. The van der Waals surface area contributed by atoms with Gasteiger partial charge in [0, 0.05) is 12.1 Å². The number of hydrogen-bond acceptors (Lipinski definition) is 1. The molecule has 0 atom stereocenters. The zero-order valence-electron chi connectivity index (χ0n) is 8.64. The van der Waals surface area contributed by atoms with E-state index < -0.39 is 0 Å². The van der Waals surface area contributed by atoms with Crippen molar-refractivity contribution in [2.45, 2.75) is 0 Å². The molecule has 0 bridgehead atoms. The Balaban J connectivity index is 0.000000267. The molecule has 0 fully saturated rings. The number of phenolic OH excluding ortho intramolecular Hbond substituents is 1. The van der Waals surface area contributed by atoms with Crippen LogP contribution in [0.2, 0.25) is 0 Å². The zero-order chi connectivity index (χ0) is 11.1. The van der Waals surface area contributed by atoms with Gasteiger partial charge in [0.15, 0.2) is 0 Å². The summed E-state index contributed by atoms with van der Waals surface area (Å²) in [7, 11) is 0. The van der Waals surface area contributed by atoms with Crippen LogP contribution in [-0.4, -0.2) is 26.8 Å². The molecule has 0 amide bonds. The maximum absolute atomic E-state index is 12.0. The van der Waals surface area contributed by atoms with Gasteiger partial charge in [0.1, 0.15) is 11.6 Å². The Morgan fingerprint density at radius 3 is 1.69 bits per heavy atom. The average molecular weight is 294 g/mol. The summed E-state index contributed by atoms with van der Waals surface area (Å²) in [5.41, 5.74) is 0. The number of halogens is 2. The number of phenols is 1. The van der Waals surface area contributed by atoms with E-state index in [2.05, 4.69) is 12.1 Å². The molecule has 0 saturated heterocycles. The number of rotatable bonds is 0. The maximum atomic E-state index is 12.0. The first-order valence-corrected chi connectivity index (χ1v) is 5.21. The smallest absolute Gasteiger partial charge is 0.508 e. The molecular weight excluding hydrogens is 283 g/mol. The lowest BCUT2D eigenvalue weighted by Gasteiger charge is -1.86. The van der Waals surface area contributed by atoms with E-state index in [4.69, 9.17) is 5.11 Å². The summed E-state index contributed by atoms with van der Waals surface area (Å²) in [6.45, 7) is 0. The molecule has 0 spiro atoms. The summed E-state index contributed by atoms with van der Waals surface area (Å²) < 4.78 is 13.3. The Hall–Kier alpha value is -0.584. The van der Waals surface area contributed by atoms with E-state index in [9.17, 15) is 4.39 Å². The molecule has 2 aromatic rings. The SMILES string of the molecule is Br.Oc1ccc(F)cc1.[Mg+2][c]1ccccc1. The third-order valence-electron chi connectivity index (χ3n) is 1.67. The molecule has 0 aliphatic rings. The lowest BCUT2D eigenvalue weighted by Crippen LogP contribution is -1.97. The minimum atomic E-state index is -0.331. The zero-order valence-corrected chi connectivity index (χ0v) is 11.8. The van der Waals surface area contributed by atoms with Gasteiger partial charge in [-0.2, -0.15) is 0 Å². The molecule has 0 aliphatic heterocycles. The van der Waals surface area contributed by atoms with Crippen LogP contribution in [0.15, 0.2) is 54.6 Å². The first-order valence-electron chi connectivity index (χ1n) is 4.50. The van der Waals surface area contributed by atoms with Crippen molar-refractivity contribution in [3.05, 3.63) is 60.4 Å². The maximum Gasteiger partial charge on any atom is 1.47 e. The Labute approximate surface area is 118 Å². The highest BCUT2D eigenvalue weighted by Gasteiger charge is 2.28. The number of aromatic hydroxyl groups is 1. The third-order valence-corrected chi connectivity index (χ3v) is 2.14. The topological polar surface area (TPSA) is 20.2 Å². The quantitative estimate of drug-likeness (QED) is 0.741. The Morgan fingerprint density at radius 2 is 1.38 bits per heavy atom. The lowest BCUT2D eigenvalue weighted by molar-refractivity contribution is 0.473. The summed E-state index contributed by atoms with van der Waals surface area (Å²) in [6, 6.07) is 15.3. The molecule has 16 heavy (non-hydrogen) atoms. The summed E-state index contributed by atoms with van der Waals surface area (Å²) in [4.78, 5) is 0. The Bertz CT molecular complexity index is 371. The highest BCUT2D eigenvalue weighted by Crippen LogP contribution is 2.06. The van der Waals surface area contributed by atoms with E-state index in [0.29, 0.717) is 0 Å². The largest absolute Gasteiger partial charge is 1.47 e. The van der Waals surface area contributed by atoms with Crippen molar-refractivity contribution in [1.82, 2.24) is 0 Å². The fourth-order valence-corrected chi connectivity index (χ4v) is 1.19. The van der Waals surface area contributed by atoms with Gasteiger partial charge in [0.05, 0.1) is 0 Å². The molecule has 7 radical (unpaired) electrons. The van der Waals surface area contributed by atoms with Crippen molar-refractivity contribution in [2.24, 2.45) is 0 Å². The van der Waals surface area contributed by atoms with Crippen LogP contribution in [-0.2, 0) is 0 Å². The summed E-state index contributed by atoms with van der Waals surface area (Å²) >= 11 is 1.90. The van der Waals surface area contributed by atoms with E-state index in [1.165, 1.54) is 28.0 Å². The van der Waals surface area contributed by atoms with Gasteiger partial charge >= 0.3 is 25.4 Å². The molecule has 2 rings (SSSR count). The van der Waals surface area contributed by atoms with Gasteiger partial charge < -0.3 is 5.11 Å². The molecule has 2 aromatic carbocycles. The Morgan fingerprint density at radius 1 is 0.875 bits per heavy atom. The second kappa shape index (κ2) is 8.55. The molecule has 0 aliphatic carbocycles. The lowest BCUT2D eigenvalue weighted by atomic mass is 10.3. The van der Waals surface area contributed by atoms with Gasteiger partial charge in [-0.1, -0.05) is 18.2 Å². The molecule has 79 valence electrons. The van der Waals surface area contributed by atoms with Crippen molar-refractivity contribution in [3.8, 4) is 5.75 Å². The van der Waals surface area contributed by atoms with Crippen molar-refractivity contribution >= 4 is 42.4 Å². The second-order valence-electron chi connectivity index (χ2n) is 2.96. The highest BCUT2D eigenvalue weighted by atomic mass is 79.9. The predicted octanol–water partition coefficient (Wildman–Crippen LogP) is 2.59. The van der Waals surface area contributed by atoms with Crippen LogP contribution in [0, 0.1) is 5.82 Å². The van der Waals surface area contributed by atoms with Gasteiger partial charge in [0.25, 0.3) is 0 Å². The van der Waals surface area contributed by atoms with E-state index >= 15 is 0 Å².